The molecule has 0 radical (unpaired) electrons. The van der Waals surface area contributed by atoms with Gasteiger partial charge >= 0.3 is 5.69 Å². The summed E-state index contributed by atoms with van der Waals surface area (Å²) in [7, 11) is 1.75. The second kappa shape index (κ2) is 19.7. The zero-order valence-electron chi connectivity index (χ0n) is 40.5. The normalized spacial score (nSPS) is 28.7. The molecular formula is C54H65Cl2FN8O6. The van der Waals surface area contributed by atoms with Gasteiger partial charge in [0.15, 0.2) is 0 Å². The number of carbonyl (C=O) groups excluding carboxylic acids is 4. The number of para-hydroxylation sites is 1. The summed E-state index contributed by atoms with van der Waals surface area (Å²) in [5, 5.41) is 13.1. The van der Waals surface area contributed by atoms with E-state index in [1.165, 1.54) is 6.07 Å². The summed E-state index contributed by atoms with van der Waals surface area (Å²) < 4.78 is 26.3. The van der Waals surface area contributed by atoms with Crippen LogP contribution in [-0.4, -0.2) is 105 Å². The average molecular weight is 1010 g/mol. The molecule has 4 amide bonds. The number of fused-ring (bicyclic) bond motifs is 4. The fourth-order valence-electron chi connectivity index (χ4n) is 14.2. The minimum atomic E-state index is -1.26. The highest BCUT2D eigenvalue weighted by molar-refractivity contribution is 6.31. The Balaban J connectivity index is 0.669. The van der Waals surface area contributed by atoms with Crippen LogP contribution in [0.1, 0.15) is 125 Å². The molecule has 4 saturated heterocycles. The number of piperidine rings is 3. The van der Waals surface area contributed by atoms with Gasteiger partial charge in [0, 0.05) is 80.9 Å². The van der Waals surface area contributed by atoms with Crippen LogP contribution in [0.4, 0.5) is 10.1 Å². The molecule has 4 N–H and O–H groups in total. The van der Waals surface area contributed by atoms with Crippen molar-refractivity contribution in [2.75, 3.05) is 38.0 Å². The number of carbonyl (C=O) groups is 4. The standard InChI is InChI=1S/C54H65Cl2FN8O6/c1-62-48-33(7-5-10-42(48)65(52(62)70)43-17-18-44(66)60-49(43)67)31-64-27-21-37(22-28-64)71-36-19-25-63(26-20-36)30-32-11-14-35(15-12-32)58-50(68)47-45(38-8-6-9-40(56)46(38)57)54(53(61-47)23-3-2-4-24-53)39-16-13-34(55)29-41(39)59-51(54)69/h5-10,13,16,29,32,35-37,43,45,47,61H,2-4,11-12,14-15,17-28,30-31H2,1H3,(H,58,68)(H,59,69)(H,60,66,67)/t32?,35?,43?,45-,47+,54+/m0/s1. The second-order valence-corrected chi connectivity index (χ2v) is 22.5. The summed E-state index contributed by atoms with van der Waals surface area (Å²) >= 11 is 12.9. The fraction of sp³-hybridized carbons (Fsp3) is 0.574. The Morgan fingerprint density at radius 2 is 1.54 bits per heavy atom. The van der Waals surface area contributed by atoms with Crippen molar-refractivity contribution in [2.45, 2.75) is 150 Å². The maximum Gasteiger partial charge on any atom is 0.329 e. The quantitative estimate of drug-likeness (QED) is 0.120. The monoisotopic (exact) mass is 1010 g/mol. The number of amides is 4. The van der Waals surface area contributed by atoms with Crippen molar-refractivity contribution in [1.82, 2.24) is 34.9 Å². The van der Waals surface area contributed by atoms with E-state index in [1.807, 2.05) is 18.2 Å². The van der Waals surface area contributed by atoms with E-state index in [4.69, 9.17) is 27.9 Å². The van der Waals surface area contributed by atoms with Gasteiger partial charge in [-0.15, -0.1) is 0 Å². The van der Waals surface area contributed by atoms with Gasteiger partial charge in [-0.2, -0.15) is 0 Å². The van der Waals surface area contributed by atoms with Crippen LogP contribution in [0.15, 0.2) is 59.4 Å². The van der Waals surface area contributed by atoms with Crippen LogP contribution >= 0.6 is 23.2 Å². The number of nitrogens with zero attached hydrogens (tertiary/aromatic N) is 4. The van der Waals surface area contributed by atoms with E-state index >= 15 is 4.39 Å². The van der Waals surface area contributed by atoms with Crippen LogP contribution in [0.2, 0.25) is 10.0 Å². The number of hydrogen-bond acceptors (Lipinski definition) is 9. The van der Waals surface area contributed by atoms with E-state index in [0.717, 1.165) is 120 Å². The van der Waals surface area contributed by atoms with E-state index in [9.17, 15) is 24.0 Å². The molecule has 6 fully saturated rings. The van der Waals surface area contributed by atoms with E-state index in [0.29, 0.717) is 48.0 Å². The molecule has 71 heavy (non-hydrogen) atoms. The molecule has 6 heterocycles. The number of hydrogen-bond donors (Lipinski definition) is 4. The van der Waals surface area contributed by atoms with Crippen molar-refractivity contribution in [2.24, 2.45) is 13.0 Å². The number of benzene rings is 3. The van der Waals surface area contributed by atoms with Gasteiger partial charge in [0.1, 0.15) is 17.3 Å². The molecule has 4 atom stereocenters. The number of halogens is 3. The van der Waals surface area contributed by atoms with Crippen LogP contribution in [0.3, 0.4) is 0 Å². The summed E-state index contributed by atoms with van der Waals surface area (Å²) in [6, 6.07) is 14.6. The van der Waals surface area contributed by atoms with Gasteiger partial charge in [-0.25, -0.2) is 9.18 Å². The minimum Gasteiger partial charge on any atom is -0.375 e. The Kier molecular flexibility index (Phi) is 13.5. The number of aromatic nitrogens is 2. The van der Waals surface area contributed by atoms with Gasteiger partial charge < -0.3 is 20.3 Å². The number of nitrogens with one attached hydrogen (secondary N) is 4. The molecule has 1 aromatic heterocycles. The summed E-state index contributed by atoms with van der Waals surface area (Å²) in [5.74, 6) is -2.08. The molecule has 0 bridgehead atoms. The molecule has 14 nitrogen and oxygen atoms in total. The molecule has 2 saturated carbocycles. The lowest BCUT2D eigenvalue weighted by Crippen LogP contribution is -2.60. The minimum absolute atomic E-state index is 0.0206. The largest absolute Gasteiger partial charge is 0.375 e. The van der Waals surface area contributed by atoms with E-state index in [1.54, 1.807) is 40.4 Å². The van der Waals surface area contributed by atoms with Gasteiger partial charge in [-0.05, 0) is 118 Å². The lowest BCUT2D eigenvalue weighted by atomic mass is 9.55. The summed E-state index contributed by atoms with van der Waals surface area (Å²) in [6.07, 6.45) is 12.8. The molecule has 2 aliphatic carbocycles. The SMILES string of the molecule is Cn1c(=O)n(C2CCC(=O)NC2=O)c2cccc(CN3CCC(OC4CCN(CC5CCC(NC(=O)[C@@H]6NC7(CCCCC7)[C@@]7(C(=O)Nc8cc(Cl)ccc87)[C@H]6c6cccc(Cl)c6F)CC5)CC4)CC3)c21. The van der Waals surface area contributed by atoms with Crippen molar-refractivity contribution in [3.63, 3.8) is 0 Å². The summed E-state index contributed by atoms with van der Waals surface area (Å²) in [4.78, 5) is 72.5. The third-order valence-electron chi connectivity index (χ3n) is 17.6. The maximum atomic E-state index is 16.4. The Hall–Kier alpha value is -4.64. The van der Waals surface area contributed by atoms with Crippen LogP contribution in [0, 0.1) is 11.7 Å². The first kappa shape index (κ1) is 48.6. The van der Waals surface area contributed by atoms with Gasteiger partial charge in [0.25, 0.3) is 0 Å². The average Bonchev–Trinajstić information content (AvgIpc) is 3.92. The number of imide groups is 1. The first-order chi connectivity index (χ1) is 34.3. The van der Waals surface area contributed by atoms with E-state index in [2.05, 4.69) is 37.1 Å². The highest BCUT2D eigenvalue weighted by Crippen LogP contribution is 2.63. The second-order valence-electron chi connectivity index (χ2n) is 21.6. The van der Waals surface area contributed by atoms with E-state index < -0.39 is 40.7 Å². The highest BCUT2D eigenvalue weighted by atomic mass is 35.5. The zero-order valence-corrected chi connectivity index (χ0v) is 42.0. The Labute approximate surface area is 423 Å². The Morgan fingerprint density at radius 1 is 0.831 bits per heavy atom. The molecule has 5 aliphatic heterocycles. The Bertz CT molecular complexity index is 2790. The number of anilines is 1. The number of aryl methyl sites for hydroxylation is 1. The first-order valence-electron chi connectivity index (χ1n) is 26.1. The molecule has 4 aromatic rings. The summed E-state index contributed by atoms with van der Waals surface area (Å²) in [5.41, 5.74) is 1.93. The van der Waals surface area contributed by atoms with Gasteiger partial charge in [-0.1, -0.05) is 72.8 Å². The van der Waals surface area contributed by atoms with Crippen LogP contribution in [0.5, 0.6) is 0 Å². The number of imidazole rings is 1. The molecule has 17 heteroatoms. The predicted octanol–water partition coefficient (Wildman–Crippen LogP) is 7.23. The molecule has 3 aromatic carbocycles. The van der Waals surface area contributed by atoms with Crippen molar-refractivity contribution < 1.29 is 28.3 Å². The van der Waals surface area contributed by atoms with Gasteiger partial charge in [0.05, 0.1) is 34.3 Å². The molecule has 2 spiro atoms. The topological polar surface area (TPSA) is 159 Å². The van der Waals surface area contributed by atoms with Gasteiger partial charge in [-0.3, -0.25) is 43.8 Å². The lowest BCUT2D eigenvalue weighted by Gasteiger charge is -2.47. The molecular weight excluding hydrogens is 947 g/mol. The first-order valence-corrected chi connectivity index (χ1v) is 26.9. The zero-order chi connectivity index (χ0) is 49.2. The maximum absolute atomic E-state index is 16.4. The third-order valence-corrected chi connectivity index (χ3v) is 18.1. The van der Waals surface area contributed by atoms with Crippen molar-refractivity contribution in [1.29, 1.82) is 0 Å². The molecule has 7 aliphatic rings. The van der Waals surface area contributed by atoms with Gasteiger partial charge in [0.2, 0.25) is 23.6 Å². The molecule has 11 rings (SSSR count). The Morgan fingerprint density at radius 3 is 2.25 bits per heavy atom. The summed E-state index contributed by atoms with van der Waals surface area (Å²) in [6.45, 7) is 5.52. The molecule has 1 unspecified atom stereocenters. The van der Waals surface area contributed by atoms with Crippen LogP contribution in [-0.2, 0) is 42.9 Å². The van der Waals surface area contributed by atoms with Crippen LogP contribution in [0.25, 0.3) is 11.0 Å². The number of rotatable bonds is 10. The molecule has 378 valence electrons. The number of ether oxygens (including phenoxy) is 1. The van der Waals surface area contributed by atoms with Crippen molar-refractivity contribution in [3.05, 3.63) is 97.6 Å². The third kappa shape index (κ3) is 8.73. The fourth-order valence-corrected chi connectivity index (χ4v) is 14.5. The van der Waals surface area contributed by atoms with Crippen molar-refractivity contribution in [3.8, 4) is 0 Å². The van der Waals surface area contributed by atoms with Crippen LogP contribution < -0.4 is 27.0 Å². The lowest BCUT2D eigenvalue weighted by molar-refractivity contribution is -0.136. The van der Waals surface area contributed by atoms with E-state index in [-0.39, 0.29) is 58.7 Å². The number of likely N-dealkylation sites (tertiary alicyclic amines) is 2. The van der Waals surface area contributed by atoms with Crippen molar-refractivity contribution >= 4 is 63.6 Å². The smallest absolute Gasteiger partial charge is 0.329 e. The highest BCUT2D eigenvalue weighted by Gasteiger charge is 2.72. The predicted molar refractivity (Wildman–Crippen MR) is 270 cm³/mol.